The Morgan fingerprint density at radius 2 is 2.11 bits per heavy atom. The minimum atomic E-state index is 0.155. The zero-order valence-corrected chi connectivity index (χ0v) is 11.1. The van der Waals surface area contributed by atoms with Crippen molar-refractivity contribution < 1.29 is 4.79 Å². The highest BCUT2D eigenvalue weighted by Crippen LogP contribution is 2.17. The number of amides is 1. The number of carbonyl (C=O) groups is 1. The van der Waals surface area contributed by atoms with E-state index in [1.165, 1.54) is 11.1 Å². The predicted octanol–water partition coefficient (Wildman–Crippen LogP) is 1.96. The standard InChI is InChI=1S/C15H22N2O/c1-2-3-9-16-15(18)12-17-10-8-13-6-4-5-7-14(13)11-17/h4-7H,2-3,8-12H2,1H3,(H,16,18). The summed E-state index contributed by atoms with van der Waals surface area (Å²) >= 11 is 0. The fourth-order valence-corrected chi connectivity index (χ4v) is 2.35. The summed E-state index contributed by atoms with van der Waals surface area (Å²) in [7, 11) is 0. The number of fused-ring (bicyclic) bond motifs is 1. The van der Waals surface area contributed by atoms with Crippen LogP contribution in [-0.4, -0.2) is 30.4 Å². The van der Waals surface area contributed by atoms with Gasteiger partial charge in [0.05, 0.1) is 6.54 Å². The van der Waals surface area contributed by atoms with Crippen molar-refractivity contribution in [3.8, 4) is 0 Å². The summed E-state index contributed by atoms with van der Waals surface area (Å²) in [5, 5.41) is 2.97. The smallest absolute Gasteiger partial charge is 0.234 e. The number of unbranched alkanes of at least 4 members (excludes halogenated alkanes) is 1. The third kappa shape index (κ3) is 3.57. The SMILES string of the molecule is CCCCNC(=O)CN1CCc2ccccc2C1. The summed E-state index contributed by atoms with van der Waals surface area (Å²) in [6.45, 7) is 5.35. The van der Waals surface area contributed by atoms with Crippen LogP contribution in [0.2, 0.25) is 0 Å². The average Bonchev–Trinajstić information content (AvgIpc) is 2.39. The van der Waals surface area contributed by atoms with Crippen molar-refractivity contribution in [2.24, 2.45) is 0 Å². The van der Waals surface area contributed by atoms with Crippen molar-refractivity contribution in [1.82, 2.24) is 10.2 Å². The minimum absolute atomic E-state index is 0.155. The van der Waals surface area contributed by atoms with E-state index in [4.69, 9.17) is 0 Å². The molecule has 0 aromatic heterocycles. The van der Waals surface area contributed by atoms with E-state index < -0.39 is 0 Å². The monoisotopic (exact) mass is 246 g/mol. The van der Waals surface area contributed by atoms with E-state index in [2.05, 4.69) is 41.4 Å². The number of rotatable bonds is 5. The van der Waals surface area contributed by atoms with E-state index in [0.29, 0.717) is 6.54 Å². The molecule has 3 nitrogen and oxygen atoms in total. The topological polar surface area (TPSA) is 32.3 Å². The van der Waals surface area contributed by atoms with Gasteiger partial charge in [-0.25, -0.2) is 0 Å². The Hall–Kier alpha value is -1.35. The summed E-state index contributed by atoms with van der Waals surface area (Å²) in [4.78, 5) is 14.0. The second-order valence-corrected chi connectivity index (χ2v) is 4.93. The van der Waals surface area contributed by atoms with Gasteiger partial charge in [-0.1, -0.05) is 37.6 Å². The van der Waals surface area contributed by atoms with Crippen LogP contribution in [0.15, 0.2) is 24.3 Å². The Morgan fingerprint density at radius 3 is 2.89 bits per heavy atom. The summed E-state index contributed by atoms with van der Waals surface area (Å²) in [6, 6.07) is 8.51. The molecule has 1 aromatic carbocycles. The third-order valence-corrected chi connectivity index (χ3v) is 3.43. The lowest BCUT2D eigenvalue weighted by Crippen LogP contribution is -2.40. The number of benzene rings is 1. The fraction of sp³-hybridized carbons (Fsp3) is 0.533. The summed E-state index contributed by atoms with van der Waals surface area (Å²) in [5.41, 5.74) is 2.80. The molecule has 0 spiro atoms. The molecule has 1 aliphatic rings. The number of hydrogen-bond acceptors (Lipinski definition) is 2. The van der Waals surface area contributed by atoms with Gasteiger partial charge < -0.3 is 5.32 Å². The van der Waals surface area contributed by atoms with E-state index in [1.54, 1.807) is 0 Å². The predicted molar refractivity (Wildman–Crippen MR) is 73.3 cm³/mol. The highest BCUT2D eigenvalue weighted by molar-refractivity contribution is 5.78. The Morgan fingerprint density at radius 1 is 1.33 bits per heavy atom. The first-order valence-corrected chi connectivity index (χ1v) is 6.85. The van der Waals surface area contributed by atoms with Crippen molar-refractivity contribution >= 4 is 5.91 Å². The van der Waals surface area contributed by atoms with Gasteiger partial charge in [-0.3, -0.25) is 9.69 Å². The quantitative estimate of drug-likeness (QED) is 0.806. The maximum absolute atomic E-state index is 11.7. The maximum atomic E-state index is 11.7. The first kappa shape index (κ1) is 13.1. The number of nitrogens with zero attached hydrogens (tertiary/aromatic N) is 1. The molecule has 0 unspecified atom stereocenters. The van der Waals surface area contributed by atoms with Crippen LogP contribution in [0.1, 0.15) is 30.9 Å². The third-order valence-electron chi connectivity index (χ3n) is 3.43. The molecule has 18 heavy (non-hydrogen) atoms. The van der Waals surface area contributed by atoms with Gasteiger partial charge in [0.2, 0.25) is 5.91 Å². The van der Waals surface area contributed by atoms with Crippen LogP contribution in [-0.2, 0) is 17.8 Å². The molecule has 0 atom stereocenters. The highest BCUT2D eigenvalue weighted by Gasteiger charge is 2.17. The molecule has 0 saturated heterocycles. The lowest BCUT2D eigenvalue weighted by Gasteiger charge is -2.28. The number of carbonyl (C=O) groups excluding carboxylic acids is 1. The number of hydrogen-bond donors (Lipinski definition) is 1. The molecule has 1 aliphatic heterocycles. The van der Waals surface area contributed by atoms with Gasteiger partial charge in [-0.05, 0) is 24.0 Å². The van der Waals surface area contributed by atoms with Crippen molar-refractivity contribution in [1.29, 1.82) is 0 Å². The van der Waals surface area contributed by atoms with Gasteiger partial charge >= 0.3 is 0 Å². The summed E-state index contributed by atoms with van der Waals surface area (Å²) < 4.78 is 0. The van der Waals surface area contributed by atoms with Crippen LogP contribution in [0, 0.1) is 0 Å². The first-order valence-electron chi connectivity index (χ1n) is 6.85. The lowest BCUT2D eigenvalue weighted by atomic mass is 10.00. The van der Waals surface area contributed by atoms with E-state index in [1.807, 2.05) is 0 Å². The van der Waals surface area contributed by atoms with Gasteiger partial charge in [0.15, 0.2) is 0 Å². The van der Waals surface area contributed by atoms with Gasteiger partial charge in [0, 0.05) is 19.6 Å². The van der Waals surface area contributed by atoms with Crippen LogP contribution in [0.3, 0.4) is 0 Å². The molecule has 3 heteroatoms. The molecule has 0 bridgehead atoms. The summed E-state index contributed by atoms with van der Waals surface area (Å²) in [5.74, 6) is 0.155. The van der Waals surface area contributed by atoms with E-state index in [-0.39, 0.29) is 5.91 Å². The Balaban J connectivity index is 1.80. The molecule has 1 N–H and O–H groups in total. The van der Waals surface area contributed by atoms with Crippen molar-refractivity contribution in [3.63, 3.8) is 0 Å². The Bertz CT molecular complexity index is 403. The van der Waals surface area contributed by atoms with Crippen molar-refractivity contribution in [2.75, 3.05) is 19.6 Å². The van der Waals surface area contributed by atoms with Gasteiger partial charge in [-0.2, -0.15) is 0 Å². The first-order chi connectivity index (χ1) is 8.79. The van der Waals surface area contributed by atoms with Crippen LogP contribution >= 0.6 is 0 Å². The fourth-order valence-electron chi connectivity index (χ4n) is 2.35. The van der Waals surface area contributed by atoms with Crippen molar-refractivity contribution in [2.45, 2.75) is 32.7 Å². The second-order valence-electron chi connectivity index (χ2n) is 4.93. The average molecular weight is 246 g/mol. The second kappa shape index (κ2) is 6.55. The zero-order valence-electron chi connectivity index (χ0n) is 11.1. The van der Waals surface area contributed by atoms with Gasteiger partial charge in [0.1, 0.15) is 0 Å². The van der Waals surface area contributed by atoms with E-state index in [0.717, 1.165) is 38.9 Å². The van der Waals surface area contributed by atoms with Crippen LogP contribution < -0.4 is 5.32 Å². The van der Waals surface area contributed by atoms with Crippen LogP contribution in [0.5, 0.6) is 0 Å². The van der Waals surface area contributed by atoms with Crippen LogP contribution in [0.4, 0.5) is 0 Å². The number of nitrogens with one attached hydrogen (secondary N) is 1. The molecule has 0 radical (unpaired) electrons. The van der Waals surface area contributed by atoms with Crippen molar-refractivity contribution in [3.05, 3.63) is 35.4 Å². The van der Waals surface area contributed by atoms with Gasteiger partial charge in [0.25, 0.3) is 0 Å². The molecule has 1 amide bonds. The van der Waals surface area contributed by atoms with E-state index >= 15 is 0 Å². The highest BCUT2D eigenvalue weighted by atomic mass is 16.2. The Labute approximate surface area is 109 Å². The normalized spacial score (nSPS) is 15.2. The Kier molecular flexibility index (Phi) is 4.76. The van der Waals surface area contributed by atoms with Crippen LogP contribution in [0.25, 0.3) is 0 Å². The zero-order chi connectivity index (χ0) is 12.8. The molecule has 0 aliphatic carbocycles. The van der Waals surface area contributed by atoms with E-state index in [9.17, 15) is 4.79 Å². The summed E-state index contributed by atoms with van der Waals surface area (Å²) in [6.07, 6.45) is 3.24. The minimum Gasteiger partial charge on any atom is -0.355 e. The molecule has 1 heterocycles. The lowest BCUT2D eigenvalue weighted by molar-refractivity contribution is -0.122. The molecular formula is C15H22N2O. The maximum Gasteiger partial charge on any atom is 0.234 e. The molecule has 1 aromatic rings. The molecule has 98 valence electrons. The molecule has 2 rings (SSSR count). The van der Waals surface area contributed by atoms with Gasteiger partial charge in [-0.15, -0.1) is 0 Å². The molecule has 0 fully saturated rings. The molecular weight excluding hydrogens is 224 g/mol. The molecule has 0 saturated carbocycles. The largest absolute Gasteiger partial charge is 0.355 e.